The van der Waals surface area contributed by atoms with Gasteiger partial charge in [0.25, 0.3) is 6.43 Å². The normalized spacial score (nSPS) is 13.3. The number of nitrogens with two attached hydrogens (primary N) is 1. The topological polar surface area (TPSA) is 26.0 Å². The Morgan fingerprint density at radius 1 is 1.20 bits per heavy atom. The lowest BCUT2D eigenvalue weighted by Crippen LogP contribution is -2.31. The summed E-state index contributed by atoms with van der Waals surface area (Å²) in [6.07, 6.45) is -2.86. The van der Waals surface area contributed by atoms with Crippen LogP contribution < -0.4 is 5.73 Å². The molecular weight excluding hydrogens is 250 g/mol. The SMILES string of the molecule is NC(Cc1cc(F)c(Cl)cc1Cl)C(F)F. The molecule has 1 atom stereocenters. The molecule has 0 amide bonds. The van der Waals surface area contributed by atoms with Gasteiger partial charge in [0, 0.05) is 5.02 Å². The van der Waals surface area contributed by atoms with E-state index in [4.69, 9.17) is 28.9 Å². The first kappa shape index (κ1) is 12.6. The fourth-order valence-corrected chi connectivity index (χ4v) is 1.52. The maximum atomic E-state index is 13.0. The fourth-order valence-electron chi connectivity index (χ4n) is 1.06. The van der Waals surface area contributed by atoms with Crippen LogP contribution in [0.15, 0.2) is 12.1 Å². The molecule has 6 heteroatoms. The Balaban J connectivity index is 2.91. The van der Waals surface area contributed by atoms with E-state index in [0.717, 1.165) is 6.07 Å². The minimum Gasteiger partial charge on any atom is -0.323 e. The number of rotatable bonds is 3. The molecule has 0 heterocycles. The number of hydrogen-bond acceptors (Lipinski definition) is 1. The summed E-state index contributed by atoms with van der Waals surface area (Å²) in [4.78, 5) is 0. The van der Waals surface area contributed by atoms with Crippen LogP contribution in [0.5, 0.6) is 0 Å². The molecule has 0 bridgehead atoms. The molecule has 84 valence electrons. The monoisotopic (exact) mass is 257 g/mol. The second kappa shape index (κ2) is 5.05. The van der Waals surface area contributed by atoms with Gasteiger partial charge < -0.3 is 5.73 Å². The minimum absolute atomic E-state index is 0.137. The predicted molar refractivity (Wildman–Crippen MR) is 54.1 cm³/mol. The van der Waals surface area contributed by atoms with E-state index >= 15 is 0 Å². The Hall–Kier alpha value is -0.450. The van der Waals surface area contributed by atoms with Crippen molar-refractivity contribution >= 4 is 23.2 Å². The first-order valence-corrected chi connectivity index (χ1v) is 4.84. The van der Waals surface area contributed by atoms with Crippen LogP contribution in [-0.4, -0.2) is 12.5 Å². The smallest absolute Gasteiger partial charge is 0.253 e. The summed E-state index contributed by atoms with van der Waals surface area (Å²) in [7, 11) is 0. The summed E-state index contributed by atoms with van der Waals surface area (Å²) in [5.74, 6) is -0.697. The first-order valence-electron chi connectivity index (χ1n) is 4.09. The average Bonchev–Trinajstić information content (AvgIpc) is 2.13. The van der Waals surface area contributed by atoms with Crippen molar-refractivity contribution in [1.82, 2.24) is 0 Å². The van der Waals surface area contributed by atoms with E-state index in [1.54, 1.807) is 0 Å². The van der Waals surface area contributed by atoms with E-state index in [2.05, 4.69) is 0 Å². The first-order chi connectivity index (χ1) is 6.91. The van der Waals surface area contributed by atoms with E-state index < -0.39 is 18.3 Å². The minimum atomic E-state index is -2.67. The number of halogens is 5. The number of hydrogen-bond donors (Lipinski definition) is 1. The van der Waals surface area contributed by atoms with E-state index in [9.17, 15) is 13.2 Å². The highest BCUT2D eigenvalue weighted by Crippen LogP contribution is 2.25. The maximum absolute atomic E-state index is 13.0. The highest BCUT2D eigenvalue weighted by Gasteiger charge is 2.18. The summed E-state index contributed by atoms with van der Waals surface area (Å²) in [6.45, 7) is 0. The molecule has 1 aromatic carbocycles. The van der Waals surface area contributed by atoms with Crippen LogP contribution in [-0.2, 0) is 6.42 Å². The Labute approximate surface area is 95.0 Å². The van der Waals surface area contributed by atoms with Gasteiger partial charge in [-0.15, -0.1) is 0 Å². The van der Waals surface area contributed by atoms with Crippen molar-refractivity contribution in [3.63, 3.8) is 0 Å². The standard InChI is InChI=1S/C9H8Cl2F3N/c10-5-3-6(11)7(12)1-4(5)2-8(15)9(13)14/h1,3,8-9H,2,15H2. The number of alkyl halides is 2. The molecule has 1 aromatic rings. The zero-order chi connectivity index (χ0) is 11.6. The summed E-state index contributed by atoms with van der Waals surface area (Å²) >= 11 is 11.1. The van der Waals surface area contributed by atoms with E-state index in [0.29, 0.717) is 0 Å². The van der Waals surface area contributed by atoms with Crippen LogP contribution in [0.2, 0.25) is 10.0 Å². The second-order valence-corrected chi connectivity index (χ2v) is 3.87. The van der Waals surface area contributed by atoms with Crippen LogP contribution in [0, 0.1) is 5.82 Å². The predicted octanol–water partition coefficient (Wildman–Crippen LogP) is 3.27. The molecule has 1 nitrogen and oxygen atoms in total. The third-order valence-corrected chi connectivity index (χ3v) is 2.51. The molecule has 15 heavy (non-hydrogen) atoms. The molecule has 1 rings (SSSR count). The van der Waals surface area contributed by atoms with Gasteiger partial charge in [-0.05, 0) is 24.1 Å². The molecule has 0 fully saturated rings. The maximum Gasteiger partial charge on any atom is 0.253 e. The van der Waals surface area contributed by atoms with Crippen molar-refractivity contribution < 1.29 is 13.2 Å². The molecule has 0 aliphatic heterocycles. The fraction of sp³-hybridized carbons (Fsp3) is 0.333. The quantitative estimate of drug-likeness (QED) is 0.827. The molecule has 0 saturated heterocycles. The summed E-state index contributed by atoms with van der Waals surface area (Å²) in [5, 5.41) is -0.00753. The zero-order valence-electron chi connectivity index (χ0n) is 7.48. The van der Waals surface area contributed by atoms with Crippen molar-refractivity contribution in [3.05, 3.63) is 33.6 Å². The van der Waals surface area contributed by atoms with Gasteiger partial charge in [-0.2, -0.15) is 0 Å². The van der Waals surface area contributed by atoms with Crippen molar-refractivity contribution in [2.75, 3.05) is 0 Å². The Morgan fingerprint density at radius 3 is 2.33 bits per heavy atom. The lowest BCUT2D eigenvalue weighted by molar-refractivity contribution is 0.116. The van der Waals surface area contributed by atoms with Gasteiger partial charge in [0.15, 0.2) is 0 Å². The molecule has 0 radical (unpaired) electrons. The Kier molecular flexibility index (Phi) is 4.25. The van der Waals surface area contributed by atoms with Crippen LogP contribution in [0.25, 0.3) is 0 Å². The van der Waals surface area contributed by atoms with Gasteiger partial charge in [-0.25, -0.2) is 13.2 Å². The van der Waals surface area contributed by atoms with Crippen LogP contribution >= 0.6 is 23.2 Å². The largest absolute Gasteiger partial charge is 0.323 e. The molecule has 0 spiro atoms. The summed E-state index contributed by atoms with van der Waals surface area (Å²) in [5.41, 5.74) is 5.37. The summed E-state index contributed by atoms with van der Waals surface area (Å²) < 4.78 is 37.3. The van der Waals surface area contributed by atoms with E-state index in [1.807, 2.05) is 0 Å². The van der Waals surface area contributed by atoms with Crippen molar-refractivity contribution in [2.45, 2.75) is 18.9 Å². The van der Waals surface area contributed by atoms with Crippen molar-refractivity contribution in [3.8, 4) is 0 Å². The van der Waals surface area contributed by atoms with Gasteiger partial charge in [-0.3, -0.25) is 0 Å². The Morgan fingerprint density at radius 2 is 1.80 bits per heavy atom. The van der Waals surface area contributed by atoms with Crippen molar-refractivity contribution in [1.29, 1.82) is 0 Å². The van der Waals surface area contributed by atoms with E-state index in [-0.39, 0.29) is 22.0 Å². The highest BCUT2D eigenvalue weighted by molar-refractivity contribution is 6.35. The van der Waals surface area contributed by atoms with Crippen LogP contribution in [0.4, 0.5) is 13.2 Å². The average molecular weight is 258 g/mol. The molecule has 0 aliphatic rings. The van der Waals surface area contributed by atoms with Gasteiger partial charge in [-0.1, -0.05) is 23.2 Å². The lowest BCUT2D eigenvalue weighted by Gasteiger charge is -2.11. The van der Waals surface area contributed by atoms with Crippen LogP contribution in [0.1, 0.15) is 5.56 Å². The lowest BCUT2D eigenvalue weighted by atomic mass is 10.1. The summed E-state index contributed by atoms with van der Waals surface area (Å²) in [6, 6.07) is 0.835. The van der Waals surface area contributed by atoms with Crippen LogP contribution in [0.3, 0.4) is 0 Å². The van der Waals surface area contributed by atoms with Gasteiger partial charge in [0.1, 0.15) is 5.82 Å². The molecule has 0 aliphatic carbocycles. The van der Waals surface area contributed by atoms with Crippen molar-refractivity contribution in [2.24, 2.45) is 5.73 Å². The molecule has 2 N–H and O–H groups in total. The molecule has 1 unspecified atom stereocenters. The third-order valence-electron chi connectivity index (χ3n) is 1.87. The molecular formula is C9H8Cl2F3N. The number of benzene rings is 1. The van der Waals surface area contributed by atoms with E-state index in [1.165, 1.54) is 6.07 Å². The molecule has 0 aromatic heterocycles. The highest BCUT2D eigenvalue weighted by atomic mass is 35.5. The third kappa shape index (κ3) is 3.26. The van der Waals surface area contributed by atoms with Gasteiger partial charge in [0.05, 0.1) is 11.1 Å². The zero-order valence-corrected chi connectivity index (χ0v) is 9.00. The Bertz CT molecular complexity index is 357. The van der Waals surface area contributed by atoms with Gasteiger partial charge >= 0.3 is 0 Å². The van der Waals surface area contributed by atoms with Gasteiger partial charge in [0.2, 0.25) is 0 Å². The molecule has 0 saturated carbocycles. The second-order valence-electron chi connectivity index (χ2n) is 3.06.